The second kappa shape index (κ2) is 12.4. The van der Waals surface area contributed by atoms with Crippen LogP contribution in [0.4, 0.5) is 9.52 Å². The molecular formula is C26H33FN4O4S2. The van der Waals surface area contributed by atoms with Crippen molar-refractivity contribution < 1.29 is 22.3 Å². The van der Waals surface area contributed by atoms with Crippen molar-refractivity contribution in [3.8, 4) is 0 Å². The lowest BCUT2D eigenvalue weighted by atomic mass is 10.2. The summed E-state index contributed by atoms with van der Waals surface area (Å²) >= 11 is 1.27. The second-order valence-electron chi connectivity index (χ2n) is 9.05. The molecule has 0 radical (unpaired) electrons. The minimum Gasteiger partial charge on any atom is -0.379 e. The van der Waals surface area contributed by atoms with Gasteiger partial charge in [-0.1, -0.05) is 30.7 Å². The van der Waals surface area contributed by atoms with Gasteiger partial charge in [0.2, 0.25) is 10.0 Å². The number of anilines is 1. The number of hydrogen-bond donors (Lipinski definition) is 0. The zero-order chi connectivity index (χ0) is 26.4. The first-order chi connectivity index (χ1) is 17.8. The first-order valence-corrected chi connectivity index (χ1v) is 14.8. The van der Waals surface area contributed by atoms with Crippen LogP contribution in [-0.4, -0.2) is 81.5 Å². The Morgan fingerprint density at radius 1 is 1.11 bits per heavy atom. The number of halogens is 1. The second-order valence-corrected chi connectivity index (χ2v) is 12.1. The Hall–Kier alpha value is -2.44. The first-order valence-electron chi connectivity index (χ1n) is 12.5. The van der Waals surface area contributed by atoms with Crippen LogP contribution in [0.2, 0.25) is 0 Å². The Morgan fingerprint density at radius 3 is 2.51 bits per heavy atom. The van der Waals surface area contributed by atoms with Crippen molar-refractivity contribution in [2.24, 2.45) is 0 Å². The third kappa shape index (κ3) is 6.53. The molecule has 1 amide bonds. The summed E-state index contributed by atoms with van der Waals surface area (Å²) in [7, 11) is -2.07. The van der Waals surface area contributed by atoms with Crippen LogP contribution in [0.1, 0.15) is 36.5 Å². The summed E-state index contributed by atoms with van der Waals surface area (Å²) in [6.07, 6.45) is 2.37. The molecule has 1 aliphatic heterocycles. The number of aromatic nitrogens is 1. The highest BCUT2D eigenvalue weighted by atomic mass is 32.2. The largest absolute Gasteiger partial charge is 0.379 e. The fourth-order valence-corrected chi connectivity index (χ4v) is 6.40. The summed E-state index contributed by atoms with van der Waals surface area (Å²) in [5.74, 6) is -0.729. The standard InChI is InChI=1S/C26H33FN4O4S2/c1-3-4-13-29(2)37(33,34)21-11-9-20(10-12-21)25(32)31(15-6-14-30-16-18-35-19-17-30)26-28-24-22(27)7-5-8-23(24)36-26/h5,7-12H,3-4,6,13-19H2,1-2H3. The summed E-state index contributed by atoms with van der Waals surface area (Å²) < 4.78 is 47.5. The van der Waals surface area contributed by atoms with Gasteiger partial charge in [-0.2, -0.15) is 0 Å². The molecule has 37 heavy (non-hydrogen) atoms. The molecule has 0 spiro atoms. The number of ether oxygens (including phenoxy) is 1. The van der Waals surface area contributed by atoms with E-state index in [-0.39, 0.29) is 16.3 Å². The minimum atomic E-state index is -3.63. The van der Waals surface area contributed by atoms with Crippen LogP contribution in [0.5, 0.6) is 0 Å². The van der Waals surface area contributed by atoms with E-state index in [1.807, 2.05) is 6.92 Å². The molecule has 1 saturated heterocycles. The Balaban J connectivity index is 1.56. The summed E-state index contributed by atoms with van der Waals surface area (Å²) in [4.78, 5) is 22.1. The van der Waals surface area contributed by atoms with Gasteiger partial charge in [-0.05, 0) is 49.2 Å². The number of nitrogens with zero attached hydrogens (tertiary/aromatic N) is 4. The van der Waals surface area contributed by atoms with E-state index in [9.17, 15) is 17.6 Å². The molecule has 2 heterocycles. The number of sulfonamides is 1. The Bertz CT molecular complexity index is 1310. The molecular weight excluding hydrogens is 515 g/mol. The zero-order valence-electron chi connectivity index (χ0n) is 21.2. The number of carbonyl (C=O) groups excluding carboxylic acids is 1. The minimum absolute atomic E-state index is 0.142. The summed E-state index contributed by atoms with van der Waals surface area (Å²) in [5.41, 5.74) is 0.589. The van der Waals surface area contributed by atoms with Gasteiger partial charge in [0, 0.05) is 45.3 Å². The fraction of sp³-hybridized carbons (Fsp3) is 0.462. The molecule has 0 unspecified atom stereocenters. The van der Waals surface area contributed by atoms with E-state index >= 15 is 0 Å². The van der Waals surface area contributed by atoms with E-state index < -0.39 is 15.8 Å². The van der Waals surface area contributed by atoms with E-state index in [0.717, 1.165) is 32.5 Å². The number of thiazole rings is 1. The van der Waals surface area contributed by atoms with E-state index in [1.54, 1.807) is 24.1 Å². The molecule has 0 saturated carbocycles. The molecule has 11 heteroatoms. The lowest BCUT2D eigenvalue weighted by Crippen LogP contribution is -2.39. The summed E-state index contributed by atoms with van der Waals surface area (Å²) in [6.45, 7) is 6.74. The zero-order valence-corrected chi connectivity index (χ0v) is 22.9. The van der Waals surface area contributed by atoms with Gasteiger partial charge >= 0.3 is 0 Å². The lowest BCUT2D eigenvalue weighted by molar-refractivity contribution is 0.0376. The number of fused-ring (bicyclic) bond motifs is 1. The average Bonchev–Trinajstić information content (AvgIpc) is 3.35. The molecule has 0 aliphatic carbocycles. The monoisotopic (exact) mass is 548 g/mol. The van der Waals surface area contributed by atoms with E-state index in [1.165, 1.54) is 46.0 Å². The van der Waals surface area contributed by atoms with Crippen LogP contribution in [-0.2, 0) is 14.8 Å². The molecule has 3 aromatic rings. The molecule has 1 fully saturated rings. The van der Waals surface area contributed by atoms with Crippen LogP contribution in [0.15, 0.2) is 47.4 Å². The maximum absolute atomic E-state index is 14.3. The highest BCUT2D eigenvalue weighted by Gasteiger charge is 2.25. The molecule has 0 bridgehead atoms. The summed E-state index contributed by atoms with van der Waals surface area (Å²) in [6, 6.07) is 10.8. The van der Waals surface area contributed by atoms with E-state index in [0.29, 0.717) is 48.1 Å². The smallest absolute Gasteiger partial charge is 0.260 e. The third-order valence-corrected chi connectivity index (χ3v) is 9.34. The summed E-state index contributed by atoms with van der Waals surface area (Å²) in [5, 5.41) is 0.420. The van der Waals surface area contributed by atoms with Gasteiger partial charge in [-0.25, -0.2) is 22.1 Å². The SMILES string of the molecule is CCCCN(C)S(=O)(=O)c1ccc(C(=O)N(CCCN2CCOCC2)c2nc3c(F)cccc3s2)cc1. The normalized spacial score (nSPS) is 14.9. The number of para-hydroxylation sites is 1. The number of unbranched alkanes of at least 4 members (excludes halogenated alkanes) is 1. The van der Waals surface area contributed by atoms with Crippen molar-refractivity contribution in [2.45, 2.75) is 31.1 Å². The van der Waals surface area contributed by atoms with Gasteiger partial charge in [-0.3, -0.25) is 14.6 Å². The van der Waals surface area contributed by atoms with Crippen LogP contribution in [0, 0.1) is 5.82 Å². The number of hydrogen-bond acceptors (Lipinski definition) is 7. The number of morpholine rings is 1. The fourth-order valence-electron chi connectivity index (χ4n) is 4.19. The van der Waals surface area contributed by atoms with Gasteiger partial charge in [0.25, 0.3) is 5.91 Å². The molecule has 0 N–H and O–H groups in total. The molecule has 1 aliphatic rings. The van der Waals surface area contributed by atoms with Gasteiger partial charge in [0.1, 0.15) is 11.3 Å². The number of carbonyl (C=O) groups is 1. The predicted octanol–water partition coefficient (Wildman–Crippen LogP) is 4.23. The Labute approximate surface area is 221 Å². The highest BCUT2D eigenvalue weighted by molar-refractivity contribution is 7.89. The molecule has 1 aromatic heterocycles. The highest BCUT2D eigenvalue weighted by Crippen LogP contribution is 2.31. The average molecular weight is 549 g/mol. The van der Waals surface area contributed by atoms with Crippen molar-refractivity contribution in [2.75, 3.05) is 57.9 Å². The Kier molecular flexibility index (Phi) is 9.25. The van der Waals surface area contributed by atoms with Gasteiger partial charge in [0.05, 0.1) is 22.8 Å². The Morgan fingerprint density at radius 2 is 1.84 bits per heavy atom. The molecule has 2 aromatic carbocycles. The quantitative estimate of drug-likeness (QED) is 0.357. The number of rotatable bonds is 11. The van der Waals surface area contributed by atoms with Gasteiger partial charge < -0.3 is 4.74 Å². The molecule has 4 rings (SSSR count). The van der Waals surface area contributed by atoms with Crippen molar-refractivity contribution in [3.63, 3.8) is 0 Å². The van der Waals surface area contributed by atoms with Crippen LogP contribution in [0.3, 0.4) is 0 Å². The topological polar surface area (TPSA) is 83.1 Å². The number of amides is 1. The van der Waals surface area contributed by atoms with Crippen LogP contribution >= 0.6 is 11.3 Å². The van der Waals surface area contributed by atoms with E-state index in [4.69, 9.17) is 4.74 Å². The molecule has 8 nitrogen and oxygen atoms in total. The van der Waals surface area contributed by atoms with Crippen molar-refractivity contribution in [1.29, 1.82) is 0 Å². The van der Waals surface area contributed by atoms with Gasteiger partial charge in [-0.15, -0.1) is 0 Å². The first kappa shape index (κ1) is 27.6. The number of benzene rings is 2. The van der Waals surface area contributed by atoms with Crippen LogP contribution in [0.25, 0.3) is 10.2 Å². The van der Waals surface area contributed by atoms with Crippen molar-refractivity contribution >= 4 is 42.6 Å². The van der Waals surface area contributed by atoms with Crippen molar-refractivity contribution in [3.05, 3.63) is 53.8 Å². The third-order valence-electron chi connectivity index (χ3n) is 6.43. The maximum Gasteiger partial charge on any atom is 0.260 e. The van der Waals surface area contributed by atoms with Crippen LogP contribution < -0.4 is 4.90 Å². The van der Waals surface area contributed by atoms with Crippen molar-refractivity contribution in [1.82, 2.24) is 14.2 Å². The maximum atomic E-state index is 14.3. The van der Waals surface area contributed by atoms with Gasteiger partial charge in [0.15, 0.2) is 5.13 Å². The predicted molar refractivity (Wildman–Crippen MR) is 144 cm³/mol. The van der Waals surface area contributed by atoms with E-state index in [2.05, 4.69) is 9.88 Å². The molecule has 0 atom stereocenters. The molecule has 200 valence electrons. The lowest BCUT2D eigenvalue weighted by Gasteiger charge is -2.27.